The van der Waals surface area contributed by atoms with Crippen molar-refractivity contribution in [2.45, 2.75) is 32.5 Å². The zero-order valence-electron chi connectivity index (χ0n) is 16.4. The molecule has 0 bridgehead atoms. The summed E-state index contributed by atoms with van der Waals surface area (Å²) in [6, 6.07) is 18.2. The van der Waals surface area contributed by atoms with Crippen molar-refractivity contribution in [3.8, 4) is 16.9 Å². The molecule has 1 aliphatic heterocycles. The lowest BCUT2D eigenvalue weighted by Gasteiger charge is -2.39. The van der Waals surface area contributed by atoms with Gasteiger partial charge in [-0.2, -0.15) is 0 Å². The zero-order valence-corrected chi connectivity index (χ0v) is 16.4. The summed E-state index contributed by atoms with van der Waals surface area (Å²) >= 11 is 0. The largest absolute Gasteiger partial charge is 0.487 e. The van der Waals surface area contributed by atoms with Gasteiger partial charge in [-0.3, -0.25) is 4.98 Å². The van der Waals surface area contributed by atoms with Crippen LogP contribution in [-0.2, 0) is 4.74 Å². The summed E-state index contributed by atoms with van der Waals surface area (Å²) in [6.45, 7) is 6.69. The first kappa shape index (κ1) is 18.3. The smallest absolute Gasteiger partial charge is 0.410 e. The second kappa shape index (κ2) is 7.15. The van der Waals surface area contributed by atoms with Gasteiger partial charge in [0, 0.05) is 17.1 Å². The number of hydrogen-bond donors (Lipinski definition) is 0. The van der Waals surface area contributed by atoms with E-state index in [1.807, 2.05) is 69.4 Å². The molecule has 0 aliphatic carbocycles. The lowest BCUT2D eigenvalue weighted by atomic mass is 10.1. The van der Waals surface area contributed by atoms with Crippen LogP contribution in [0.4, 0.5) is 4.79 Å². The molecule has 2 aromatic carbocycles. The molecule has 2 heterocycles. The van der Waals surface area contributed by atoms with Crippen LogP contribution in [0.15, 0.2) is 60.8 Å². The van der Waals surface area contributed by atoms with Gasteiger partial charge < -0.3 is 14.4 Å². The molecule has 0 N–H and O–H groups in total. The normalized spacial score (nSPS) is 14.6. The molecular weight excluding hydrogens is 352 g/mol. The van der Waals surface area contributed by atoms with Crippen molar-refractivity contribution in [1.29, 1.82) is 0 Å². The zero-order chi connectivity index (χ0) is 19.7. The predicted octanol–water partition coefficient (Wildman–Crippen LogP) is 4.90. The van der Waals surface area contributed by atoms with Crippen molar-refractivity contribution in [3.63, 3.8) is 0 Å². The number of pyridine rings is 1. The summed E-state index contributed by atoms with van der Waals surface area (Å²) in [6.07, 6.45) is 1.61. The van der Waals surface area contributed by atoms with Crippen LogP contribution >= 0.6 is 0 Å². The minimum absolute atomic E-state index is 0.000652. The van der Waals surface area contributed by atoms with Crippen LogP contribution in [0.3, 0.4) is 0 Å². The second-order valence-electron chi connectivity index (χ2n) is 8.07. The van der Waals surface area contributed by atoms with Gasteiger partial charge in [0.2, 0.25) is 0 Å². The first-order chi connectivity index (χ1) is 13.4. The lowest BCUT2D eigenvalue weighted by molar-refractivity contribution is -0.0221. The van der Waals surface area contributed by atoms with Crippen LogP contribution in [0, 0.1) is 0 Å². The van der Waals surface area contributed by atoms with Gasteiger partial charge in [0.15, 0.2) is 0 Å². The average molecular weight is 376 g/mol. The summed E-state index contributed by atoms with van der Waals surface area (Å²) in [7, 11) is 0. The molecule has 1 fully saturated rings. The number of carbonyl (C=O) groups excluding carboxylic acids is 1. The van der Waals surface area contributed by atoms with Crippen molar-refractivity contribution < 1.29 is 14.3 Å². The Morgan fingerprint density at radius 3 is 2.46 bits per heavy atom. The minimum Gasteiger partial charge on any atom is -0.487 e. The Labute approximate surface area is 164 Å². The predicted molar refractivity (Wildman–Crippen MR) is 109 cm³/mol. The van der Waals surface area contributed by atoms with Gasteiger partial charge in [-0.25, -0.2) is 4.79 Å². The molecular formula is C23H24N2O3. The molecule has 1 saturated heterocycles. The molecule has 4 rings (SSSR count). The topological polar surface area (TPSA) is 51.7 Å². The fourth-order valence-electron chi connectivity index (χ4n) is 3.14. The summed E-state index contributed by atoms with van der Waals surface area (Å²) in [5, 5.41) is 1.12. The van der Waals surface area contributed by atoms with Crippen LogP contribution < -0.4 is 4.74 Å². The third-order valence-electron chi connectivity index (χ3n) is 4.58. The summed E-state index contributed by atoms with van der Waals surface area (Å²) < 4.78 is 11.3. The van der Waals surface area contributed by atoms with Gasteiger partial charge in [-0.05, 0) is 50.6 Å². The van der Waals surface area contributed by atoms with Crippen molar-refractivity contribution in [3.05, 3.63) is 60.8 Å². The highest BCUT2D eigenvalue weighted by atomic mass is 16.6. The van der Waals surface area contributed by atoms with E-state index >= 15 is 0 Å². The highest BCUT2D eigenvalue weighted by molar-refractivity contribution is 5.83. The van der Waals surface area contributed by atoms with E-state index in [9.17, 15) is 4.79 Å². The highest BCUT2D eigenvalue weighted by Crippen LogP contribution is 2.26. The molecule has 0 spiro atoms. The van der Waals surface area contributed by atoms with Gasteiger partial charge in [-0.15, -0.1) is 0 Å². The lowest BCUT2D eigenvalue weighted by Crippen LogP contribution is -2.57. The molecule has 1 amide bonds. The van der Waals surface area contributed by atoms with Crippen LogP contribution in [0.2, 0.25) is 0 Å². The van der Waals surface area contributed by atoms with Crippen molar-refractivity contribution in [2.75, 3.05) is 13.1 Å². The number of aromatic nitrogens is 1. The van der Waals surface area contributed by atoms with Crippen LogP contribution in [-0.4, -0.2) is 40.8 Å². The van der Waals surface area contributed by atoms with Crippen LogP contribution in [0.1, 0.15) is 20.8 Å². The molecule has 5 nitrogen and oxygen atoms in total. The third-order valence-corrected chi connectivity index (χ3v) is 4.58. The maximum Gasteiger partial charge on any atom is 0.410 e. The van der Waals surface area contributed by atoms with Crippen LogP contribution in [0.25, 0.3) is 22.0 Å². The molecule has 144 valence electrons. The van der Waals surface area contributed by atoms with Crippen molar-refractivity contribution in [1.82, 2.24) is 9.88 Å². The Bertz CT molecular complexity index is 987. The van der Waals surface area contributed by atoms with Gasteiger partial charge in [0.25, 0.3) is 0 Å². The molecule has 3 aromatic rings. The van der Waals surface area contributed by atoms with E-state index < -0.39 is 5.60 Å². The number of amides is 1. The Hall–Kier alpha value is -3.08. The number of benzene rings is 2. The Morgan fingerprint density at radius 2 is 1.75 bits per heavy atom. The number of carbonyl (C=O) groups is 1. The maximum atomic E-state index is 12.0. The molecule has 0 unspecified atom stereocenters. The van der Waals surface area contributed by atoms with Gasteiger partial charge in [-0.1, -0.05) is 30.3 Å². The van der Waals surface area contributed by atoms with E-state index in [2.05, 4.69) is 17.1 Å². The summed E-state index contributed by atoms with van der Waals surface area (Å²) in [5.41, 5.74) is 2.68. The van der Waals surface area contributed by atoms with E-state index in [1.54, 1.807) is 4.90 Å². The fraction of sp³-hybridized carbons (Fsp3) is 0.304. The maximum absolute atomic E-state index is 12.0. The third kappa shape index (κ3) is 4.09. The standard InChI is InChI=1S/C23H24N2O3/c1-23(2,3)28-22(26)25-14-20(15-25)27-19-10-8-16(9-11-19)18-12-17-6-4-5-7-21(17)24-13-18/h4-13,20H,14-15H2,1-3H3. The Morgan fingerprint density at radius 1 is 1.04 bits per heavy atom. The number of likely N-dealkylation sites (tertiary alicyclic amines) is 1. The second-order valence-corrected chi connectivity index (χ2v) is 8.07. The number of nitrogens with zero attached hydrogens (tertiary/aromatic N) is 2. The summed E-state index contributed by atoms with van der Waals surface area (Å²) in [4.78, 5) is 18.2. The average Bonchev–Trinajstić information content (AvgIpc) is 2.63. The van der Waals surface area contributed by atoms with Crippen molar-refractivity contribution >= 4 is 17.0 Å². The summed E-state index contributed by atoms with van der Waals surface area (Å²) in [5.74, 6) is 0.798. The highest BCUT2D eigenvalue weighted by Gasteiger charge is 2.35. The van der Waals surface area contributed by atoms with Gasteiger partial charge in [0.1, 0.15) is 17.5 Å². The van der Waals surface area contributed by atoms with E-state index in [-0.39, 0.29) is 12.2 Å². The fourth-order valence-corrected chi connectivity index (χ4v) is 3.14. The molecule has 5 heteroatoms. The molecule has 0 radical (unpaired) electrons. The monoisotopic (exact) mass is 376 g/mol. The van der Waals surface area contributed by atoms with Crippen LogP contribution in [0.5, 0.6) is 5.75 Å². The first-order valence-corrected chi connectivity index (χ1v) is 9.47. The molecule has 28 heavy (non-hydrogen) atoms. The SMILES string of the molecule is CC(C)(C)OC(=O)N1CC(Oc2ccc(-c3cnc4ccccc4c3)cc2)C1. The van der Waals surface area contributed by atoms with Gasteiger partial charge >= 0.3 is 6.09 Å². The number of ether oxygens (including phenoxy) is 2. The quantitative estimate of drug-likeness (QED) is 0.652. The molecule has 1 aliphatic rings. The Kier molecular flexibility index (Phi) is 4.67. The Balaban J connectivity index is 1.36. The number of fused-ring (bicyclic) bond motifs is 1. The number of para-hydroxylation sites is 1. The number of hydrogen-bond acceptors (Lipinski definition) is 4. The van der Waals surface area contributed by atoms with E-state index in [0.29, 0.717) is 13.1 Å². The molecule has 0 atom stereocenters. The van der Waals surface area contributed by atoms with E-state index in [4.69, 9.17) is 9.47 Å². The molecule has 0 saturated carbocycles. The first-order valence-electron chi connectivity index (χ1n) is 9.47. The van der Waals surface area contributed by atoms with E-state index in [1.165, 1.54) is 0 Å². The minimum atomic E-state index is -0.476. The van der Waals surface area contributed by atoms with Gasteiger partial charge in [0.05, 0.1) is 18.6 Å². The number of rotatable bonds is 3. The molecule has 1 aromatic heterocycles. The van der Waals surface area contributed by atoms with Crippen molar-refractivity contribution in [2.24, 2.45) is 0 Å². The van der Waals surface area contributed by atoms with E-state index in [0.717, 1.165) is 27.8 Å².